The van der Waals surface area contributed by atoms with E-state index in [1.54, 1.807) is 0 Å². The van der Waals surface area contributed by atoms with Gasteiger partial charge < -0.3 is 0 Å². The average molecular weight is 288 g/mol. The van der Waals surface area contributed by atoms with Gasteiger partial charge in [0.15, 0.2) is 0 Å². The third-order valence-corrected chi connectivity index (χ3v) is 4.44. The number of benzene rings is 1. The second kappa shape index (κ2) is 4.17. The van der Waals surface area contributed by atoms with E-state index in [0.29, 0.717) is 0 Å². The van der Waals surface area contributed by atoms with E-state index < -0.39 is 0 Å². The fourth-order valence-electron chi connectivity index (χ4n) is 1.30. The monoisotopic (exact) mass is 290 g/mol. The molecule has 1 aromatic heterocycles. The summed E-state index contributed by atoms with van der Waals surface area (Å²) in [6.45, 7) is 2.96. The van der Waals surface area contributed by atoms with Crippen LogP contribution in [0.25, 0.3) is 8.79 Å². The van der Waals surface area contributed by atoms with Crippen LogP contribution in [0.5, 0.6) is 5.75 Å². The van der Waals surface area contributed by atoms with Crippen LogP contribution >= 0.6 is 0 Å². The molecule has 0 radical (unpaired) electrons. The van der Waals surface area contributed by atoms with Crippen LogP contribution in [0.1, 0.15) is 13.3 Å². The van der Waals surface area contributed by atoms with Crippen molar-refractivity contribution < 1.29 is 4.74 Å². The molecule has 2 heteroatoms. The van der Waals surface area contributed by atoms with E-state index >= 15 is 0 Å². The summed E-state index contributed by atoms with van der Waals surface area (Å²) in [5.41, 5.74) is 0. The molecule has 2 rings (SSSR count). The standard InChI is InChI=1S/C11H12OTe/c1-2-7-12-10-4-3-5-11-9(10)6-8-13-11/h3-6,8H,2,7H2,1H3. The minimum atomic E-state index is -0.0389. The molecule has 0 aliphatic carbocycles. The van der Waals surface area contributed by atoms with Gasteiger partial charge in [-0.15, -0.1) is 0 Å². The third-order valence-electron chi connectivity index (χ3n) is 1.92. The van der Waals surface area contributed by atoms with Gasteiger partial charge in [0, 0.05) is 0 Å². The molecule has 0 fully saturated rings. The first kappa shape index (κ1) is 9.12. The van der Waals surface area contributed by atoms with Crippen LogP contribution in [-0.2, 0) is 0 Å². The molecule has 1 aromatic carbocycles. The molecular weight excluding hydrogens is 276 g/mol. The van der Waals surface area contributed by atoms with Gasteiger partial charge in [0.1, 0.15) is 0 Å². The first-order valence-corrected chi connectivity index (χ1v) is 7.02. The predicted molar refractivity (Wildman–Crippen MR) is 56.7 cm³/mol. The molecule has 0 spiro atoms. The van der Waals surface area contributed by atoms with E-state index in [2.05, 4.69) is 35.3 Å². The maximum atomic E-state index is 5.67. The second-order valence-electron chi connectivity index (χ2n) is 2.94. The fourth-order valence-corrected chi connectivity index (χ4v) is 3.60. The molecule has 1 nitrogen and oxygen atoms in total. The quantitative estimate of drug-likeness (QED) is 0.789. The maximum absolute atomic E-state index is 5.67. The zero-order chi connectivity index (χ0) is 9.10. The Kier molecular flexibility index (Phi) is 2.93. The molecule has 0 atom stereocenters. The number of fused-ring (bicyclic) bond motifs is 1. The molecule has 13 heavy (non-hydrogen) atoms. The fraction of sp³-hybridized carbons (Fsp3) is 0.273. The molecule has 0 bridgehead atoms. The number of rotatable bonds is 3. The molecule has 0 aliphatic rings. The van der Waals surface area contributed by atoms with Crippen LogP contribution in [-0.4, -0.2) is 27.0 Å². The normalized spacial score (nSPS) is 10.5. The summed E-state index contributed by atoms with van der Waals surface area (Å²) in [7, 11) is 0. The van der Waals surface area contributed by atoms with Gasteiger partial charge in [-0.25, -0.2) is 0 Å². The van der Waals surface area contributed by atoms with E-state index in [4.69, 9.17) is 4.74 Å². The Hall–Kier alpha value is -0.450. The van der Waals surface area contributed by atoms with Gasteiger partial charge in [0.05, 0.1) is 0 Å². The van der Waals surface area contributed by atoms with Crippen LogP contribution < -0.4 is 4.74 Å². The molecule has 2 aromatic rings. The molecule has 68 valence electrons. The SMILES string of the molecule is CCCOc1cccc2[te]ccc12. The van der Waals surface area contributed by atoms with Crippen molar-refractivity contribution in [2.75, 3.05) is 6.61 Å². The Morgan fingerprint density at radius 2 is 2.23 bits per heavy atom. The molecule has 1 heterocycles. The van der Waals surface area contributed by atoms with Crippen molar-refractivity contribution in [2.24, 2.45) is 0 Å². The van der Waals surface area contributed by atoms with Crippen molar-refractivity contribution in [1.82, 2.24) is 0 Å². The predicted octanol–water partition coefficient (Wildman–Crippen LogP) is 2.69. The van der Waals surface area contributed by atoms with Crippen LogP contribution in [0.4, 0.5) is 0 Å². The average Bonchev–Trinajstić information content (AvgIpc) is 2.62. The summed E-state index contributed by atoms with van der Waals surface area (Å²) < 4.78 is 9.49. The van der Waals surface area contributed by atoms with Gasteiger partial charge in [-0.1, -0.05) is 0 Å². The molecule has 0 amide bonds. The first-order chi connectivity index (χ1) is 6.42. The van der Waals surface area contributed by atoms with Crippen LogP contribution in [0.2, 0.25) is 0 Å². The number of hydrogen-bond acceptors (Lipinski definition) is 1. The molecular formula is C11H12OTe. The van der Waals surface area contributed by atoms with Crippen molar-refractivity contribution in [1.29, 1.82) is 0 Å². The summed E-state index contributed by atoms with van der Waals surface area (Å²) in [4.78, 5) is 0. The molecule has 0 saturated carbocycles. The summed E-state index contributed by atoms with van der Waals surface area (Å²) in [6, 6.07) is 8.59. The zero-order valence-corrected chi connectivity index (χ0v) is 9.95. The second-order valence-corrected chi connectivity index (χ2v) is 5.64. The number of hydrogen-bond donors (Lipinski definition) is 0. The minimum absolute atomic E-state index is 0.0389. The third kappa shape index (κ3) is 1.90. The Morgan fingerprint density at radius 1 is 1.31 bits per heavy atom. The number of ether oxygens (including phenoxy) is 1. The van der Waals surface area contributed by atoms with Gasteiger partial charge in [-0.3, -0.25) is 0 Å². The Morgan fingerprint density at radius 3 is 3.08 bits per heavy atom. The van der Waals surface area contributed by atoms with E-state index in [-0.39, 0.29) is 20.4 Å². The van der Waals surface area contributed by atoms with Crippen molar-refractivity contribution >= 4 is 29.2 Å². The van der Waals surface area contributed by atoms with Gasteiger partial charge in [-0.05, 0) is 0 Å². The molecule has 0 saturated heterocycles. The van der Waals surface area contributed by atoms with Crippen LogP contribution in [0, 0.1) is 0 Å². The van der Waals surface area contributed by atoms with E-state index in [0.717, 1.165) is 18.8 Å². The summed E-state index contributed by atoms with van der Waals surface area (Å²) >= 11 is -0.0389. The van der Waals surface area contributed by atoms with Crippen molar-refractivity contribution in [2.45, 2.75) is 13.3 Å². The van der Waals surface area contributed by atoms with Crippen LogP contribution in [0.3, 0.4) is 0 Å². The van der Waals surface area contributed by atoms with Crippen molar-refractivity contribution in [3.63, 3.8) is 0 Å². The molecule has 0 aliphatic heterocycles. The van der Waals surface area contributed by atoms with Crippen molar-refractivity contribution in [3.8, 4) is 5.75 Å². The van der Waals surface area contributed by atoms with Crippen molar-refractivity contribution in [3.05, 3.63) is 28.3 Å². The summed E-state index contributed by atoms with van der Waals surface area (Å²) in [5.74, 6) is 1.07. The topological polar surface area (TPSA) is 9.23 Å². The molecule has 0 N–H and O–H groups in total. The van der Waals surface area contributed by atoms with Gasteiger partial charge in [0.25, 0.3) is 0 Å². The summed E-state index contributed by atoms with van der Waals surface area (Å²) in [5, 5.41) is 1.33. The Labute approximate surface area is 87.9 Å². The van der Waals surface area contributed by atoms with E-state index in [9.17, 15) is 0 Å². The van der Waals surface area contributed by atoms with E-state index in [1.807, 2.05) is 0 Å². The van der Waals surface area contributed by atoms with Crippen LogP contribution in [0.15, 0.2) is 28.3 Å². The Balaban J connectivity index is 2.37. The summed E-state index contributed by atoms with van der Waals surface area (Å²) in [6.07, 6.45) is 1.07. The zero-order valence-electron chi connectivity index (χ0n) is 7.62. The van der Waals surface area contributed by atoms with E-state index in [1.165, 1.54) is 8.79 Å². The first-order valence-electron chi connectivity index (χ1n) is 4.51. The van der Waals surface area contributed by atoms with Gasteiger partial charge in [-0.2, -0.15) is 0 Å². The Bertz CT molecular complexity index is 392. The molecule has 0 unspecified atom stereocenters. The van der Waals surface area contributed by atoms with Gasteiger partial charge >= 0.3 is 88.0 Å². The van der Waals surface area contributed by atoms with Gasteiger partial charge in [0.2, 0.25) is 0 Å².